The molecule has 0 heterocycles. The van der Waals surface area contributed by atoms with Gasteiger partial charge >= 0.3 is 0 Å². The van der Waals surface area contributed by atoms with Crippen molar-refractivity contribution in [2.24, 2.45) is 0 Å². The van der Waals surface area contributed by atoms with E-state index in [1.54, 1.807) is 6.92 Å². The van der Waals surface area contributed by atoms with Gasteiger partial charge in [-0.1, -0.05) is 20.4 Å². The van der Waals surface area contributed by atoms with E-state index in [-0.39, 0.29) is 0 Å². The molecule has 0 aliphatic heterocycles. The van der Waals surface area contributed by atoms with E-state index in [1.165, 1.54) is 7.05 Å². The Morgan fingerprint density at radius 3 is 1.70 bits per heavy atom. The average molecular weight is 167 g/mol. The van der Waals surface area contributed by atoms with Gasteiger partial charge in [0.1, 0.15) is 0 Å². The topological polar surface area (TPSA) is 52.5 Å². The van der Waals surface area contributed by atoms with E-state index in [9.17, 15) is 0 Å². The van der Waals surface area contributed by atoms with Crippen LogP contribution in [-0.4, -0.2) is 16.2 Å². The summed E-state index contributed by atoms with van der Waals surface area (Å²) in [5, 5.41) is 0. The molecule has 3 N–H and O–H groups in total. The van der Waals surface area contributed by atoms with Crippen molar-refractivity contribution in [2.75, 3.05) is 7.05 Å². The number of nitrogens with one attached hydrogen (secondary N) is 1. The third kappa shape index (κ3) is 4.81. The van der Waals surface area contributed by atoms with Crippen LogP contribution in [0.1, 0.15) is 20.8 Å². The lowest BCUT2D eigenvalue weighted by atomic mass is 10.8. The summed E-state index contributed by atoms with van der Waals surface area (Å²) in [7, 11) is -1.20. The quantitative estimate of drug-likeness (QED) is 0.592. The molecule has 0 saturated carbocycles. The molecule has 0 aliphatic carbocycles. The third-order valence-electron chi connectivity index (χ3n) is 0.771. The van der Waals surface area contributed by atoms with E-state index < -0.39 is 10.8 Å². The lowest BCUT2D eigenvalue weighted by Crippen LogP contribution is -2.14. The van der Waals surface area contributed by atoms with Crippen molar-refractivity contribution < 1.29 is 9.11 Å². The first-order chi connectivity index (χ1) is 4.50. The molecule has 0 radical (unpaired) electrons. The van der Waals surface area contributed by atoms with Gasteiger partial charge in [0.15, 0.2) is 0 Å². The van der Waals surface area contributed by atoms with Gasteiger partial charge in [0.25, 0.3) is 0 Å². The highest BCUT2D eigenvalue weighted by molar-refractivity contribution is 8.25. The normalized spacial score (nSPS) is 11.4. The summed E-state index contributed by atoms with van der Waals surface area (Å²) in [5.41, 5.74) is 0. The molecule has 64 valence electrons. The van der Waals surface area contributed by atoms with Gasteiger partial charge in [0.05, 0.1) is 0 Å². The molecule has 0 amide bonds. The molecule has 0 saturated heterocycles. The van der Waals surface area contributed by atoms with Crippen molar-refractivity contribution in [2.45, 2.75) is 20.8 Å². The van der Waals surface area contributed by atoms with E-state index in [2.05, 4.69) is 11.3 Å². The first-order valence-electron chi connectivity index (χ1n) is 3.13. The van der Waals surface area contributed by atoms with Crippen LogP contribution >= 0.6 is 10.8 Å². The zero-order valence-electron chi connectivity index (χ0n) is 7.01. The molecule has 10 heavy (non-hydrogen) atoms. The smallest absolute Gasteiger partial charge is 0.0421 e. The van der Waals surface area contributed by atoms with Crippen molar-refractivity contribution in [1.29, 1.82) is 0 Å². The molecular weight excluding hydrogens is 150 g/mol. The van der Waals surface area contributed by atoms with Crippen LogP contribution in [0.25, 0.3) is 0 Å². The molecular formula is C6H17NO2S. The molecule has 3 nitrogen and oxygen atoms in total. The second-order valence-corrected chi connectivity index (χ2v) is 3.66. The molecule has 0 aromatic rings. The molecule has 0 aliphatic rings. The van der Waals surface area contributed by atoms with Crippen molar-refractivity contribution >= 4 is 10.8 Å². The van der Waals surface area contributed by atoms with E-state index in [1.807, 2.05) is 13.8 Å². The summed E-state index contributed by atoms with van der Waals surface area (Å²) < 4.78 is 20.0. The predicted octanol–water partition coefficient (Wildman–Crippen LogP) is 2.43. The Kier molecular flexibility index (Phi) is 7.24. The fourth-order valence-corrected chi connectivity index (χ4v) is 0.523. The predicted molar refractivity (Wildman–Crippen MR) is 48.1 cm³/mol. The van der Waals surface area contributed by atoms with E-state index in [0.717, 1.165) is 0 Å². The fraction of sp³-hybridized carbons (Fsp3) is 0.667. The molecule has 0 bridgehead atoms. The highest BCUT2D eigenvalue weighted by atomic mass is 32.3. The Balaban J connectivity index is 0. The minimum absolute atomic E-state index is 0.361. The van der Waals surface area contributed by atoms with Crippen molar-refractivity contribution in [3.05, 3.63) is 11.5 Å². The van der Waals surface area contributed by atoms with E-state index in [0.29, 0.717) is 4.91 Å². The van der Waals surface area contributed by atoms with Crippen molar-refractivity contribution in [3.8, 4) is 0 Å². The standard InChI is InChI=1S/C4H11NO2S.C2H6/c1-4(2)8(6,7)5-3;1-2/h5-7H,1H2,2-3H3;1-2H3. The van der Waals surface area contributed by atoms with Gasteiger partial charge in [-0.2, -0.15) is 0 Å². The summed E-state index contributed by atoms with van der Waals surface area (Å²) in [4.78, 5) is 0.361. The second kappa shape index (κ2) is 5.73. The van der Waals surface area contributed by atoms with Gasteiger partial charge in [-0.3, -0.25) is 9.11 Å². The monoisotopic (exact) mass is 167 g/mol. The van der Waals surface area contributed by atoms with Gasteiger partial charge in [-0.05, 0) is 6.92 Å². The number of allylic oxidation sites excluding steroid dienone is 1. The van der Waals surface area contributed by atoms with Crippen LogP contribution in [0.4, 0.5) is 0 Å². The summed E-state index contributed by atoms with van der Waals surface area (Å²) in [5.74, 6) is 0. The van der Waals surface area contributed by atoms with Gasteiger partial charge in [-0.25, -0.2) is 4.72 Å². The summed E-state index contributed by atoms with van der Waals surface area (Å²) in [6, 6.07) is 0. The summed E-state index contributed by atoms with van der Waals surface area (Å²) >= 11 is 0. The van der Waals surface area contributed by atoms with Crippen LogP contribution in [0.3, 0.4) is 0 Å². The molecule has 0 fully saturated rings. The second-order valence-electron chi connectivity index (χ2n) is 1.45. The van der Waals surface area contributed by atoms with Crippen LogP contribution in [0, 0.1) is 0 Å². The van der Waals surface area contributed by atoms with Gasteiger partial charge in [-0.15, -0.1) is 10.8 Å². The highest BCUT2D eigenvalue weighted by Gasteiger charge is 2.06. The Morgan fingerprint density at radius 2 is 1.70 bits per heavy atom. The van der Waals surface area contributed by atoms with Gasteiger partial charge < -0.3 is 0 Å². The maximum absolute atomic E-state index is 8.83. The Bertz CT molecular complexity index is 104. The molecule has 0 unspecified atom stereocenters. The van der Waals surface area contributed by atoms with Crippen LogP contribution in [-0.2, 0) is 0 Å². The minimum Gasteiger partial charge on any atom is -0.282 e. The van der Waals surface area contributed by atoms with Crippen molar-refractivity contribution in [1.82, 2.24) is 4.72 Å². The number of rotatable bonds is 2. The lowest BCUT2D eigenvalue weighted by Gasteiger charge is -2.30. The average Bonchev–Trinajstić information content (AvgIpc) is 1.92. The van der Waals surface area contributed by atoms with Crippen LogP contribution in [0.5, 0.6) is 0 Å². The largest absolute Gasteiger partial charge is 0.282 e. The maximum Gasteiger partial charge on any atom is 0.0421 e. The lowest BCUT2D eigenvalue weighted by molar-refractivity contribution is 0.485. The SMILES string of the molecule is C=C(C)S(O)(O)NC.CC. The van der Waals surface area contributed by atoms with E-state index >= 15 is 0 Å². The van der Waals surface area contributed by atoms with E-state index in [4.69, 9.17) is 9.11 Å². The molecule has 0 atom stereocenters. The fourth-order valence-electron chi connectivity index (χ4n) is 0.174. The number of hydrogen-bond donors (Lipinski definition) is 3. The zero-order chi connectivity index (χ0) is 8.78. The van der Waals surface area contributed by atoms with Crippen LogP contribution in [0.15, 0.2) is 11.5 Å². The molecule has 0 spiro atoms. The third-order valence-corrected chi connectivity index (χ3v) is 2.31. The Hall–Kier alpha value is -0.0300. The maximum atomic E-state index is 8.83. The molecule has 0 rings (SSSR count). The zero-order valence-corrected chi connectivity index (χ0v) is 7.83. The van der Waals surface area contributed by atoms with Crippen LogP contribution in [0.2, 0.25) is 0 Å². The van der Waals surface area contributed by atoms with Crippen LogP contribution < -0.4 is 4.72 Å². The van der Waals surface area contributed by atoms with Gasteiger partial charge in [0, 0.05) is 12.0 Å². The summed E-state index contributed by atoms with van der Waals surface area (Å²) in [6.07, 6.45) is 0. The summed E-state index contributed by atoms with van der Waals surface area (Å²) in [6.45, 7) is 8.93. The molecule has 4 heteroatoms. The number of hydrogen-bond acceptors (Lipinski definition) is 3. The molecule has 0 aromatic heterocycles. The first-order valence-corrected chi connectivity index (χ1v) is 4.67. The molecule has 0 aromatic carbocycles. The van der Waals surface area contributed by atoms with Gasteiger partial charge in [0.2, 0.25) is 0 Å². The minimum atomic E-state index is -2.68. The Morgan fingerprint density at radius 1 is 1.40 bits per heavy atom. The first kappa shape index (κ1) is 12.6. The van der Waals surface area contributed by atoms with Crippen molar-refractivity contribution in [3.63, 3.8) is 0 Å². The highest BCUT2D eigenvalue weighted by Crippen LogP contribution is 2.40. The Labute approximate surface area is 64.6 Å².